The molecule has 0 fully saturated rings. The first kappa shape index (κ1) is 17.6. The Morgan fingerprint density at radius 1 is 1.42 bits per heavy atom. The van der Waals surface area contributed by atoms with E-state index in [4.69, 9.17) is 0 Å². The van der Waals surface area contributed by atoms with Crippen LogP contribution in [0.3, 0.4) is 0 Å². The molecule has 8 nitrogen and oxygen atoms in total. The van der Waals surface area contributed by atoms with Gasteiger partial charge in [0.05, 0.1) is 10.5 Å². The Hall–Kier alpha value is -2.74. The van der Waals surface area contributed by atoms with E-state index in [9.17, 15) is 20.0 Å². The number of nitro groups is 1. The maximum absolute atomic E-state index is 12.1. The highest BCUT2D eigenvalue weighted by Gasteiger charge is 2.26. The minimum atomic E-state index is -1.03. The van der Waals surface area contributed by atoms with Crippen molar-refractivity contribution in [2.75, 3.05) is 6.54 Å². The van der Waals surface area contributed by atoms with Crippen molar-refractivity contribution < 1.29 is 14.8 Å². The van der Waals surface area contributed by atoms with Crippen LogP contribution in [-0.4, -0.2) is 37.9 Å². The van der Waals surface area contributed by atoms with Gasteiger partial charge < -0.3 is 10.4 Å². The predicted molar refractivity (Wildman–Crippen MR) is 88.0 cm³/mol. The highest BCUT2D eigenvalue weighted by molar-refractivity contribution is 5.92. The van der Waals surface area contributed by atoms with Gasteiger partial charge in [-0.2, -0.15) is 5.10 Å². The van der Waals surface area contributed by atoms with Crippen molar-refractivity contribution >= 4 is 11.6 Å². The van der Waals surface area contributed by atoms with Gasteiger partial charge >= 0.3 is 0 Å². The number of carbonyl (C=O) groups is 1. The first-order valence-electron chi connectivity index (χ1n) is 7.52. The van der Waals surface area contributed by atoms with E-state index < -0.39 is 16.4 Å². The lowest BCUT2D eigenvalue weighted by atomic mass is 9.92. The van der Waals surface area contributed by atoms with Crippen LogP contribution in [0.5, 0.6) is 0 Å². The molecule has 0 aliphatic rings. The third-order valence-corrected chi connectivity index (χ3v) is 4.00. The van der Waals surface area contributed by atoms with Crippen LogP contribution in [0.2, 0.25) is 0 Å². The van der Waals surface area contributed by atoms with Crippen LogP contribution < -0.4 is 5.32 Å². The number of para-hydroxylation sites is 2. The van der Waals surface area contributed by atoms with E-state index in [1.54, 1.807) is 25.1 Å². The van der Waals surface area contributed by atoms with E-state index in [1.807, 2.05) is 13.8 Å². The Labute approximate surface area is 139 Å². The number of carbonyl (C=O) groups excluding carboxylic acids is 1. The summed E-state index contributed by atoms with van der Waals surface area (Å²) in [4.78, 5) is 22.7. The number of rotatable bonds is 6. The van der Waals surface area contributed by atoms with Gasteiger partial charge in [-0.15, -0.1) is 0 Å². The first-order chi connectivity index (χ1) is 11.2. The van der Waals surface area contributed by atoms with Gasteiger partial charge in [0.1, 0.15) is 5.69 Å². The number of nitrogens with zero attached hydrogens (tertiary/aromatic N) is 3. The quantitative estimate of drug-likeness (QED) is 0.620. The summed E-state index contributed by atoms with van der Waals surface area (Å²) in [6.07, 6.45) is 1.48. The molecule has 0 saturated carbocycles. The monoisotopic (exact) mass is 332 g/mol. The number of aromatic nitrogens is 2. The molecule has 1 heterocycles. The Morgan fingerprint density at radius 2 is 2.08 bits per heavy atom. The third kappa shape index (κ3) is 3.77. The van der Waals surface area contributed by atoms with Crippen LogP contribution >= 0.6 is 0 Å². The molecule has 1 atom stereocenters. The second-order valence-corrected chi connectivity index (χ2v) is 6.09. The number of benzene rings is 1. The molecule has 128 valence electrons. The van der Waals surface area contributed by atoms with E-state index in [0.717, 1.165) is 0 Å². The van der Waals surface area contributed by atoms with Crippen molar-refractivity contribution in [1.82, 2.24) is 15.1 Å². The Balaban J connectivity index is 2.17. The molecule has 0 bridgehead atoms. The number of amides is 1. The van der Waals surface area contributed by atoms with Crippen LogP contribution in [0.4, 0.5) is 5.69 Å². The highest BCUT2D eigenvalue weighted by atomic mass is 16.6. The summed E-state index contributed by atoms with van der Waals surface area (Å²) < 4.78 is 1.29. The Bertz CT molecular complexity index is 752. The van der Waals surface area contributed by atoms with Crippen LogP contribution in [0.15, 0.2) is 36.5 Å². The van der Waals surface area contributed by atoms with Crippen molar-refractivity contribution in [2.45, 2.75) is 26.4 Å². The minimum Gasteiger partial charge on any atom is -0.388 e. The molecule has 2 N–H and O–H groups in total. The largest absolute Gasteiger partial charge is 0.388 e. The minimum absolute atomic E-state index is 0.0256. The van der Waals surface area contributed by atoms with Gasteiger partial charge in [0.2, 0.25) is 0 Å². The fourth-order valence-corrected chi connectivity index (χ4v) is 1.95. The van der Waals surface area contributed by atoms with Crippen LogP contribution in [-0.2, 0) is 0 Å². The molecule has 1 aromatic carbocycles. The number of hydrogen-bond donors (Lipinski definition) is 2. The summed E-state index contributed by atoms with van der Waals surface area (Å²) >= 11 is 0. The second kappa shape index (κ2) is 6.79. The maximum Gasteiger partial charge on any atom is 0.294 e. The van der Waals surface area contributed by atoms with Gasteiger partial charge in [-0.1, -0.05) is 26.0 Å². The van der Waals surface area contributed by atoms with Crippen molar-refractivity contribution in [3.63, 3.8) is 0 Å². The summed E-state index contributed by atoms with van der Waals surface area (Å²) in [6, 6.07) is 7.61. The molecule has 0 aliphatic carbocycles. The molecule has 0 aliphatic heterocycles. The van der Waals surface area contributed by atoms with Crippen molar-refractivity contribution in [3.8, 4) is 5.69 Å². The molecule has 1 unspecified atom stereocenters. The van der Waals surface area contributed by atoms with Gasteiger partial charge in [0.15, 0.2) is 5.69 Å². The number of aliphatic hydroxyl groups is 1. The van der Waals surface area contributed by atoms with Crippen molar-refractivity contribution in [2.24, 2.45) is 5.92 Å². The molecule has 0 radical (unpaired) electrons. The Morgan fingerprint density at radius 3 is 2.71 bits per heavy atom. The second-order valence-electron chi connectivity index (χ2n) is 6.09. The smallest absolute Gasteiger partial charge is 0.294 e. The Kier molecular flexibility index (Phi) is 4.99. The van der Waals surface area contributed by atoms with E-state index in [2.05, 4.69) is 10.4 Å². The van der Waals surface area contributed by atoms with Gasteiger partial charge in [-0.3, -0.25) is 14.9 Å². The van der Waals surface area contributed by atoms with Gasteiger partial charge in [0, 0.05) is 18.8 Å². The van der Waals surface area contributed by atoms with Crippen molar-refractivity contribution in [3.05, 3.63) is 52.3 Å². The fourth-order valence-electron chi connectivity index (χ4n) is 1.95. The molecule has 1 aromatic heterocycles. The summed E-state index contributed by atoms with van der Waals surface area (Å²) in [5.74, 6) is -0.476. The van der Waals surface area contributed by atoms with Crippen molar-refractivity contribution in [1.29, 1.82) is 0 Å². The standard InChI is InChI=1S/C16H20N4O4/c1-11(2)16(3,22)10-17-15(21)12-8-9-19(18-12)13-6-4-5-7-14(13)20(23)24/h4-9,11,22H,10H2,1-3H3,(H,17,21). The lowest BCUT2D eigenvalue weighted by Crippen LogP contribution is -2.44. The number of nitrogens with one attached hydrogen (secondary N) is 1. The van der Waals surface area contributed by atoms with E-state index in [1.165, 1.54) is 23.0 Å². The average molecular weight is 332 g/mol. The summed E-state index contributed by atoms with van der Waals surface area (Å²) in [7, 11) is 0. The number of nitro benzene ring substituents is 1. The SMILES string of the molecule is CC(C)C(C)(O)CNC(=O)c1ccn(-c2ccccc2[N+](=O)[O-])n1. The lowest BCUT2D eigenvalue weighted by molar-refractivity contribution is -0.384. The normalized spacial score (nSPS) is 13.5. The molecule has 24 heavy (non-hydrogen) atoms. The molecule has 8 heteroatoms. The van der Waals surface area contributed by atoms with E-state index in [-0.39, 0.29) is 29.5 Å². The van der Waals surface area contributed by atoms with Crippen LogP contribution in [0.25, 0.3) is 5.69 Å². The molecular formula is C16H20N4O4. The van der Waals surface area contributed by atoms with Gasteiger partial charge in [-0.25, -0.2) is 4.68 Å². The topological polar surface area (TPSA) is 110 Å². The third-order valence-electron chi connectivity index (χ3n) is 4.00. The van der Waals surface area contributed by atoms with E-state index >= 15 is 0 Å². The summed E-state index contributed by atoms with van der Waals surface area (Å²) in [6.45, 7) is 5.44. The first-order valence-corrected chi connectivity index (χ1v) is 7.52. The average Bonchev–Trinajstić information content (AvgIpc) is 3.02. The number of hydrogen-bond acceptors (Lipinski definition) is 5. The molecular weight excluding hydrogens is 312 g/mol. The molecule has 1 amide bonds. The van der Waals surface area contributed by atoms with Gasteiger partial charge in [0.25, 0.3) is 11.6 Å². The zero-order valence-corrected chi connectivity index (χ0v) is 13.8. The molecule has 2 aromatic rings. The lowest BCUT2D eigenvalue weighted by Gasteiger charge is -2.27. The summed E-state index contributed by atoms with van der Waals surface area (Å²) in [5.41, 5.74) is -0.741. The van der Waals surface area contributed by atoms with E-state index in [0.29, 0.717) is 0 Å². The fraction of sp³-hybridized carbons (Fsp3) is 0.375. The highest BCUT2D eigenvalue weighted by Crippen LogP contribution is 2.21. The van der Waals surface area contributed by atoms with Crippen LogP contribution in [0.1, 0.15) is 31.3 Å². The molecule has 0 saturated heterocycles. The van der Waals surface area contributed by atoms with Crippen LogP contribution in [0, 0.1) is 16.0 Å². The molecule has 0 spiro atoms. The van der Waals surface area contributed by atoms with Gasteiger partial charge in [-0.05, 0) is 25.0 Å². The maximum atomic E-state index is 12.1. The zero-order valence-electron chi connectivity index (χ0n) is 13.8. The molecule has 2 rings (SSSR count). The zero-order chi connectivity index (χ0) is 17.9. The predicted octanol–water partition coefficient (Wildman–Crippen LogP) is 1.92. The summed E-state index contributed by atoms with van der Waals surface area (Å²) in [5, 5.41) is 27.9.